The Kier molecular flexibility index (Phi) is 3.76. The van der Waals surface area contributed by atoms with E-state index in [4.69, 9.17) is 9.31 Å². The molecule has 1 fully saturated rings. The van der Waals surface area contributed by atoms with Gasteiger partial charge in [0.2, 0.25) is 0 Å². The lowest BCUT2D eigenvalue weighted by Crippen LogP contribution is -2.20. The number of allylic oxidation sites excluding steroid dienone is 1. The molecular formula is C16H21BO2. The van der Waals surface area contributed by atoms with E-state index in [1.807, 2.05) is 6.92 Å². The van der Waals surface area contributed by atoms with E-state index >= 15 is 0 Å². The second kappa shape index (κ2) is 5.52. The summed E-state index contributed by atoms with van der Waals surface area (Å²) in [5, 5.41) is 0. The fourth-order valence-electron chi connectivity index (χ4n) is 3.11. The maximum atomic E-state index is 5.90. The van der Waals surface area contributed by atoms with Crippen LogP contribution in [0.2, 0.25) is 0 Å². The molecule has 2 aliphatic rings. The van der Waals surface area contributed by atoms with Gasteiger partial charge in [-0.1, -0.05) is 23.7 Å². The Balaban J connectivity index is 1.72. The molecule has 1 atom stereocenters. The van der Waals surface area contributed by atoms with Crippen LogP contribution < -0.4 is 0 Å². The number of fused-ring (bicyclic) bond motifs is 1. The first-order valence-corrected chi connectivity index (χ1v) is 7.26. The van der Waals surface area contributed by atoms with Crippen LogP contribution in [0, 0.1) is 0 Å². The van der Waals surface area contributed by atoms with E-state index in [2.05, 4.69) is 24.8 Å². The highest BCUT2D eigenvalue weighted by molar-refractivity contribution is 6.53. The molecule has 0 spiro atoms. The number of aryl methyl sites for hydroxylation is 1. The van der Waals surface area contributed by atoms with Gasteiger partial charge in [0.15, 0.2) is 0 Å². The molecule has 1 aliphatic carbocycles. The molecule has 3 rings (SSSR count). The largest absolute Gasteiger partial charge is 0.489 e. The average Bonchev–Trinajstić information content (AvgIpc) is 2.88. The Labute approximate surface area is 115 Å². The summed E-state index contributed by atoms with van der Waals surface area (Å²) in [5.74, 6) is 0. The zero-order valence-corrected chi connectivity index (χ0v) is 11.7. The minimum Gasteiger partial charge on any atom is -0.405 e. The lowest BCUT2D eigenvalue weighted by molar-refractivity contribution is 0.234. The van der Waals surface area contributed by atoms with Crippen LogP contribution in [0.25, 0.3) is 0 Å². The van der Waals surface area contributed by atoms with Gasteiger partial charge in [0.25, 0.3) is 0 Å². The predicted molar refractivity (Wildman–Crippen MR) is 78.2 cm³/mol. The van der Waals surface area contributed by atoms with Crippen LogP contribution in [0.15, 0.2) is 30.3 Å². The molecule has 0 aromatic heterocycles. The number of rotatable bonds is 3. The van der Waals surface area contributed by atoms with E-state index in [1.165, 1.54) is 31.2 Å². The van der Waals surface area contributed by atoms with Crippen LogP contribution in [0.1, 0.15) is 36.5 Å². The summed E-state index contributed by atoms with van der Waals surface area (Å²) in [4.78, 5) is 0. The quantitative estimate of drug-likeness (QED) is 0.773. The van der Waals surface area contributed by atoms with Gasteiger partial charge in [-0.2, -0.15) is 0 Å². The van der Waals surface area contributed by atoms with Crippen LogP contribution >= 0.6 is 0 Å². The van der Waals surface area contributed by atoms with Crippen LogP contribution in [-0.4, -0.2) is 19.8 Å². The standard InChI is InChI=1S/C16H21BO2/c1-12(2)17-18-11-15(19-17)10-14-8-5-7-13-6-3-4-9-16(13)14/h5,7-8,15H,1,3-4,6,9-11H2,2H3. The number of benzene rings is 1. The minimum absolute atomic E-state index is 0.176. The van der Waals surface area contributed by atoms with Gasteiger partial charge in [-0.25, -0.2) is 0 Å². The lowest BCUT2D eigenvalue weighted by Gasteiger charge is -2.20. The third kappa shape index (κ3) is 2.77. The van der Waals surface area contributed by atoms with E-state index in [0.29, 0.717) is 6.61 Å². The molecule has 0 saturated carbocycles. The zero-order valence-electron chi connectivity index (χ0n) is 11.7. The summed E-state index contributed by atoms with van der Waals surface area (Å²) in [6.07, 6.45) is 6.25. The Bertz CT molecular complexity index is 484. The molecule has 0 radical (unpaired) electrons. The van der Waals surface area contributed by atoms with Gasteiger partial charge in [0, 0.05) is 0 Å². The summed E-state index contributed by atoms with van der Waals surface area (Å²) in [6.45, 7) is 6.54. The third-order valence-corrected chi connectivity index (χ3v) is 4.09. The van der Waals surface area contributed by atoms with Crippen LogP contribution in [0.5, 0.6) is 0 Å². The van der Waals surface area contributed by atoms with Gasteiger partial charge in [0.05, 0.1) is 12.7 Å². The Morgan fingerprint density at radius 2 is 2.21 bits per heavy atom. The summed E-state index contributed by atoms with van der Waals surface area (Å²) in [7, 11) is -0.204. The van der Waals surface area contributed by atoms with Gasteiger partial charge in [-0.15, -0.1) is 6.58 Å². The molecule has 2 nitrogen and oxygen atoms in total. The molecule has 0 amide bonds. The van der Waals surface area contributed by atoms with Crippen LogP contribution in [-0.2, 0) is 28.6 Å². The van der Waals surface area contributed by atoms with Crippen molar-refractivity contribution >= 4 is 7.12 Å². The molecule has 100 valence electrons. The maximum Gasteiger partial charge on any atom is 0.489 e. The van der Waals surface area contributed by atoms with Gasteiger partial charge >= 0.3 is 7.12 Å². The fourth-order valence-corrected chi connectivity index (χ4v) is 3.11. The van der Waals surface area contributed by atoms with Gasteiger partial charge < -0.3 is 9.31 Å². The molecule has 3 heteroatoms. The van der Waals surface area contributed by atoms with Crippen molar-refractivity contribution in [1.29, 1.82) is 0 Å². The first-order chi connectivity index (χ1) is 9.24. The number of hydrogen-bond donors (Lipinski definition) is 0. The molecule has 1 aliphatic heterocycles. The smallest absolute Gasteiger partial charge is 0.405 e. The van der Waals surface area contributed by atoms with Crippen LogP contribution in [0.3, 0.4) is 0 Å². The first-order valence-electron chi connectivity index (χ1n) is 7.26. The highest BCUT2D eigenvalue weighted by Crippen LogP contribution is 2.27. The van der Waals surface area contributed by atoms with E-state index < -0.39 is 0 Å². The van der Waals surface area contributed by atoms with E-state index in [-0.39, 0.29) is 13.2 Å². The Morgan fingerprint density at radius 3 is 3.00 bits per heavy atom. The average molecular weight is 256 g/mol. The molecule has 1 aromatic rings. The first kappa shape index (κ1) is 13.0. The number of hydrogen-bond acceptors (Lipinski definition) is 2. The fraction of sp³-hybridized carbons (Fsp3) is 0.500. The van der Waals surface area contributed by atoms with Gasteiger partial charge in [0.1, 0.15) is 0 Å². The molecule has 1 unspecified atom stereocenters. The SMILES string of the molecule is C=C(C)B1OCC(Cc2cccc3c2CCCC3)O1. The Hall–Kier alpha value is -1.06. The van der Waals surface area contributed by atoms with Gasteiger partial charge in [-0.05, 0) is 55.7 Å². The van der Waals surface area contributed by atoms with Crippen molar-refractivity contribution in [3.05, 3.63) is 46.9 Å². The zero-order chi connectivity index (χ0) is 13.2. The van der Waals surface area contributed by atoms with Gasteiger partial charge in [-0.3, -0.25) is 0 Å². The van der Waals surface area contributed by atoms with E-state index in [0.717, 1.165) is 11.9 Å². The van der Waals surface area contributed by atoms with Crippen molar-refractivity contribution < 1.29 is 9.31 Å². The van der Waals surface area contributed by atoms with E-state index in [9.17, 15) is 0 Å². The van der Waals surface area contributed by atoms with Crippen molar-refractivity contribution in [3.63, 3.8) is 0 Å². The summed E-state index contributed by atoms with van der Waals surface area (Å²) in [6, 6.07) is 6.72. The van der Waals surface area contributed by atoms with Crippen molar-refractivity contribution in [2.75, 3.05) is 6.61 Å². The Morgan fingerprint density at radius 1 is 1.37 bits per heavy atom. The van der Waals surface area contributed by atoms with Crippen molar-refractivity contribution in [1.82, 2.24) is 0 Å². The summed E-state index contributed by atoms with van der Waals surface area (Å²) in [5.41, 5.74) is 5.51. The van der Waals surface area contributed by atoms with Crippen molar-refractivity contribution in [2.24, 2.45) is 0 Å². The highest BCUT2D eigenvalue weighted by atomic mass is 16.6. The van der Waals surface area contributed by atoms with Crippen molar-refractivity contribution in [2.45, 2.75) is 45.1 Å². The normalized spacial score (nSPS) is 22.4. The minimum atomic E-state index is -0.204. The molecule has 1 heterocycles. The summed E-state index contributed by atoms with van der Waals surface area (Å²) < 4.78 is 11.5. The van der Waals surface area contributed by atoms with Crippen molar-refractivity contribution in [3.8, 4) is 0 Å². The topological polar surface area (TPSA) is 18.5 Å². The van der Waals surface area contributed by atoms with E-state index in [1.54, 1.807) is 11.1 Å². The molecule has 0 N–H and O–H groups in total. The third-order valence-electron chi connectivity index (χ3n) is 4.09. The highest BCUT2D eigenvalue weighted by Gasteiger charge is 2.32. The maximum absolute atomic E-state index is 5.90. The molecule has 19 heavy (non-hydrogen) atoms. The molecule has 1 aromatic carbocycles. The molecular weight excluding hydrogens is 235 g/mol. The molecule has 0 bridgehead atoms. The summed E-state index contributed by atoms with van der Waals surface area (Å²) >= 11 is 0. The monoisotopic (exact) mass is 256 g/mol. The predicted octanol–water partition coefficient (Wildman–Crippen LogP) is 3.13. The molecule has 1 saturated heterocycles. The second-order valence-electron chi connectivity index (χ2n) is 5.74. The second-order valence-corrected chi connectivity index (χ2v) is 5.74. The lowest BCUT2D eigenvalue weighted by atomic mass is 9.81. The van der Waals surface area contributed by atoms with Crippen LogP contribution in [0.4, 0.5) is 0 Å².